The molecule has 5 atom stereocenters. The van der Waals surface area contributed by atoms with Crippen molar-refractivity contribution in [3.8, 4) is 11.8 Å². The molecular formula is C26H32F3NO2. The molecule has 3 aliphatic rings. The Morgan fingerprint density at radius 3 is 2.66 bits per heavy atom. The molecule has 3 rings (SSSR count). The third-order valence-electron chi connectivity index (χ3n) is 6.76. The van der Waals surface area contributed by atoms with Crippen LogP contribution in [-0.2, 0) is 4.79 Å². The van der Waals surface area contributed by atoms with Crippen LogP contribution in [0.3, 0.4) is 0 Å². The average Bonchev–Trinajstić information content (AvgIpc) is 2.74. The molecule has 2 unspecified atom stereocenters. The SMILES string of the molecule is C=C(C)C#C[C@@H](C1CC=CCC1)N1CC[C@H](CC(=O)O)C[C@@H]1C1C=CC(C(F)(F)F)=CC1. The smallest absolute Gasteiger partial charge is 0.416 e. The Morgan fingerprint density at radius 2 is 2.09 bits per heavy atom. The van der Waals surface area contributed by atoms with Gasteiger partial charge in [-0.25, -0.2) is 0 Å². The van der Waals surface area contributed by atoms with E-state index in [2.05, 4.69) is 35.5 Å². The molecule has 1 heterocycles. The number of piperidine rings is 1. The van der Waals surface area contributed by atoms with E-state index in [0.717, 1.165) is 31.3 Å². The lowest BCUT2D eigenvalue weighted by Crippen LogP contribution is -2.53. The topological polar surface area (TPSA) is 40.5 Å². The summed E-state index contributed by atoms with van der Waals surface area (Å²) < 4.78 is 39.3. The van der Waals surface area contributed by atoms with E-state index in [1.54, 1.807) is 6.08 Å². The predicted molar refractivity (Wildman–Crippen MR) is 120 cm³/mol. The van der Waals surface area contributed by atoms with Crippen LogP contribution in [0.25, 0.3) is 0 Å². The van der Waals surface area contributed by atoms with Gasteiger partial charge in [0, 0.05) is 12.5 Å². The van der Waals surface area contributed by atoms with Crippen LogP contribution >= 0.6 is 0 Å². The molecule has 6 heteroatoms. The highest BCUT2D eigenvalue weighted by Crippen LogP contribution is 2.39. The second-order valence-corrected chi connectivity index (χ2v) is 9.25. The van der Waals surface area contributed by atoms with Gasteiger partial charge < -0.3 is 5.11 Å². The Kier molecular flexibility index (Phi) is 8.05. The monoisotopic (exact) mass is 447 g/mol. The number of hydrogen-bond donors (Lipinski definition) is 1. The quantitative estimate of drug-likeness (QED) is 0.421. The molecule has 0 spiro atoms. The summed E-state index contributed by atoms with van der Waals surface area (Å²) in [5.41, 5.74) is 0.184. The fraction of sp³-hybridized carbons (Fsp3) is 0.577. The number of rotatable bonds is 5. The lowest BCUT2D eigenvalue weighted by Gasteiger charge is -2.47. The number of alkyl halides is 3. The summed E-state index contributed by atoms with van der Waals surface area (Å²) in [6.45, 7) is 6.48. The van der Waals surface area contributed by atoms with Gasteiger partial charge in [0.1, 0.15) is 0 Å². The minimum atomic E-state index is -4.34. The van der Waals surface area contributed by atoms with Gasteiger partial charge in [-0.05, 0) is 75.3 Å². The van der Waals surface area contributed by atoms with Crippen molar-refractivity contribution >= 4 is 5.97 Å². The third-order valence-corrected chi connectivity index (χ3v) is 6.76. The molecule has 1 aliphatic heterocycles. The van der Waals surface area contributed by atoms with Gasteiger partial charge in [-0.3, -0.25) is 9.69 Å². The van der Waals surface area contributed by atoms with Crippen LogP contribution in [-0.4, -0.2) is 40.8 Å². The van der Waals surface area contributed by atoms with Gasteiger partial charge in [0.05, 0.1) is 11.6 Å². The number of likely N-dealkylation sites (tertiary alicyclic amines) is 1. The van der Waals surface area contributed by atoms with E-state index in [4.69, 9.17) is 0 Å². The molecule has 32 heavy (non-hydrogen) atoms. The van der Waals surface area contributed by atoms with Crippen LogP contribution in [0.5, 0.6) is 0 Å². The molecule has 0 bridgehead atoms. The molecular weight excluding hydrogens is 415 g/mol. The Labute approximate surface area is 188 Å². The van der Waals surface area contributed by atoms with Crippen molar-refractivity contribution in [1.82, 2.24) is 4.90 Å². The Bertz CT molecular complexity index is 859. The zero-order chi connectivity index (χ0) is 23.3. The number of allylic oxidation sites excluding steroid dienone is 6. The third kappa shape index (κ3) is 6.38. The number of carboxylic acid groups (broad SMARTS) is 1. The zero-order valence-electron chi connectivity index (χ0n) is 18.6. The van der Waals surface area contributed by atoms with E-state index in [1.165, 1.54) is 12.2 Å². The lowest BCUT2D eigenvalue weighted by atomic mass is 9.76. The summed E-state index contributed by atoms with van der Waals surface area (Å²) in [4.78, 5) is 13.7. The van der Waals surface area contributed by atoms with Gasteiger partial charge in [-0.1, -0.05) is 48.8 Å². The van der Waals surface area contributed by atoms with Crippen LogP contribution in [0.4, 0.5) is 13.2 Å². The molecule has 0 aromatic carbocycles. The molecule has 3 nitrogen and oxygen atoms in total. The highest BCUT2D eigenvalue weighted by Gasteiger charge is 2.41. The van der Waals surface area contributed by atoms with E-state index in [0.29, 0.717) is 25.3 Å². The summed E-state index contributed by atoms with van der Waals surface area (Å²) in [6, 6.07) is -0.0560. The van der Waals surface area contributed by atoms with E-state index >= 15 is 0 Å². The van der Waals surface area contributed by atoms with Crippen molar-refractivity contribution in [3.63, 3.8) is 0 Å². The summed E-state index contributed by atoms with van der Waals surface area (Å²) >= 11 is 0. The maximum atomic E-state index is 13.1. The fourth-order valence-electron chi connectivity index (χ4n) is 5.20. The van der Waals surface area contributed by atoms with E-state index < -0.39 is 17.7 Å². The average molecular weight is 448 g/mol. The number of carbonyl (C=O) groups is 1. The molecule has 1 saturated heterocycles. The van der Waals surface area contributed by atoms with Gasteiger partial charge in [-0.2, -0.15) is 13.2 Å². The first kappa shape index (κ1) is 24.4. The molecule has 0 saturated carbocycles. The zero-order valence-corrected chi connectivity index (χ0v) is 18.6. The minimum absolute atomic E-state index is 0.0196. The van der Waals surface area contributed by atoms with Crippen LogP contribution in [0.15, 0.2) is 48.1 Å². The first-order valence-corrected chi connectivity index (χ1v) is 11.4. The van der Waals surface area contributed by atoms with Crippen LogP contribution in [0, 0.1) is 29.6 Å². The minimum Gasteiger partial charge on any atom is -0.481 e. The second-order valence-electron chi connectivity index (χ2n) is 9.25. The fourth-order valence-corrected chi connectivity index (χ4v) is 5.20. The molecule has 1 N–H and O–H groups in total. The molecule has 0 aromatic rings. The van der Waals surface area contributed by atoms with Crippen molar-refractivity contribution < 1.29 is 23.1 Å². The van der Waals surface area contributed by atoms with Crippen molar-refractivity contribution in [2.75, 3.05) is 6.54 Å². The first-order valence-electron chi connectivity index (χ1n) is 11.4. The molecule has 174 valence electrons. The van der Waals surface area contributed by atoms with Crippen LogP contribution in [0.1, 0.15) is 51.9 Å². The number of aliphatic carboxylic acids is 1. The van der Waals surface area contributed by atoms with Crippen molar-refractivity contribution in [1.29, 1.82) is 0 Å². The summed E-state index contributed by atoms with van der Waals surface area (Å²) in [7, 11) is 0. The summed E-state index contributed by atoms with van der Waals surface area (Å²) in [5.74, 6) is 6.03. The van der Waals surface area contributed by atoms with E-state index in [9.17, 15) is 23.1 Å². The maximum absolute atomic E-state index is 13.1. The van der Waals surface area contributed by atoms with Crippen molar-refractivity contribution in [2.24, 2.45) is 17.8 Å². The molecule has 0 aromatic heterocycles. The predicted octanol–water partition coefficient (Wildman–Crippen LogP) is 5.91. The molecule has 0 amide bonds. The number of carboxylic acids is 1. The van der Waals surface area contributed by atoms with Crippen LogP contribution in [0.2, 0.25) is 0 Å². The Morgan fingerprint density at radius 1 is 1.31 bits per heavy atom. The van der Waals surface area contributed by atoms with Crippen LogP contribution < -0.4 is 0 Å². The highest BCUT2D eigenvalue weighted by atomic mass is 19.4. The molecule has 2 aliphatic carbocycles. The highest BCUT2D eigenvalue weighted by molar-refractivity contribution is 5.67. The van der Waals surface area contributed by atoms with E-state index in [-0.39, 0.29) is 30.3 Å². The van der Waals surface area contributed by atoms with Gasteiger partial charge in [0.25, 0.3) is 0 Å². The summed E-state index contributed by atoms with van der Waals surface area (Å²) in [5, 5.41) is 9.31. The molecule has 1 fully saturated rings. The first-order chi connectivity index (χ1) is 15.1. The maximum Gasteiger partial charge on any atom is 0.416 e. The molecule has 0 radical (unpaired) electrons. The summed E-state index contributed by atoms with van der Waals surface area (Å²) in [6.07, 6.45) is 8.93. The van der Waals surface area contributed by atoms with Gasteiger partial charge in [-0.15, -0.1) is 0 Å². The Balaban J connectivity index is 1.88. The van der Waals surface area contributed by atoms with Gasteiger partial charge >= 0.3 is 12.1 Å². The second kappa shape index (κ2) is 10.6. The number of hydrogen-bond acceptors (Lipinski definition) is 2. The largest absolute Gasteiger partial charge is 0.481 e. The van der Waals surface area contributed by atoms with Gasteiger partial charge in [0.15, 0.2) is 0 Å². The normalized spacial score (nSPS) is 29.6. The van der Waals surface area contributed by atoms with Crippen molar-refractivity contribution in [2.45, 2.75) is 70.1 Å². The Hall–Kier alpha value is -2.26. The lowest BCUT2D eigenvalue weighted by molar-refractivity contribution is -0.138. The van der Waals surface area contributed by atoms with E-state index in [1.807, 2.05) is 6.92 Å². The number of nitrogens with zero attached hydrogens (tertiary/aromatic N) is 1. The van der Waals surface area contributed by atoms with Gasteiger partial charge in [0.2, 0.25) is 0 Å². The number of halogens is 3. The standard InChI is InChI=1S/C26H32F3NO2/c1-18(2)8-13-23(20-6-4-3-5-7-20)30-15-14-19(17-25(31)32)16-24(30)21-9-11-22(12-10-21)26(27,28)29/h3-4,9,11-12,19-21,23-24H,1,5-7,10,14-17H2,2H3,(H,31,32)/t19-,20?,21?,23-,24+/m0/s1. The van der Waals surface area contributed by atoms with Crippen molar-refractivity contribution in [3.05, 3.63) is 48.1 Å².